The third-order valence-electron chi connectivity index (χ3n) is 1.79. The van der Waals surface area contributed by atoms with Crippen LogP contribution in [-0.4, -0.2) is 26.3 Å². The van der Waals surface area contributed by atoms with Gasteiger partial charge in [-0.1, -0.05) is 0 Å². The maximum Gasteiger partial charge on any atom is 0.354 e. The quantitative estimate of drug-likeness (QED) is 0.743. The molecule has 0 saturated carbocycles. The number of pyridine rings is 1. The van der Waals surface area contributed by atoms with Crippen molar-refractivity contribution >= 4 is 5.97 Å². The van der Waals surface area contributed by atoms with E-state index in [4.69, 9.17) is 5.11 Å². The predicted octanol–water partition coefficient (Wildman–Crippen LogP) is 1.17. The monoisotopic (exact) mass is 189 g/mol. The summed E-state index contributed by atoms with van der Waals surface area (Å²) in [5.41, 5.74) is 1.56. The summed E-state index contributed by atoms with van der Waals surface area (Å²) < 4.78 is 0. The van der Waals surface area contributed by atoms with Gasteiger partial charge in [0.05, 0.1) is 5.69 Å². The number of hydrogen-bond donors (Lipinski definition) is 2. The van der Waals surface area contributed by atoms with E-state index in [0.29, 0.717) is 0 Å². The average Bonchev–Trinajstić information content (AvgIpc) is 2.71. The van der Waals surface area contributed by atoms with Crippen LogP contribution in [0.2, 0.25) is 0 Å². The van der Waals surface area contributed by atoms with E-state index in [0.717, 1.165) is 11.3 Å². The van der Waals surface area contributed by atoms with Gasteiger partial charge in [0.25, 0.3) is 0 Å². The van der Waals surface area contributed by atoms with Crippen molar-refractivity contribution in [3.8, 4) is 11.3 Å². The molecular weight excluding hydrogens is 182 g/mol. The highest BCUT2D eigenvalue weighted by molar-refractivity contribution is 5.86. The standard InChI is InChI=1S/C9H7N3O2/c13-9(14)8-5-6(1-3-10-8)7-2-4-11-12-7/h1-5H,(H,11,12)(H,13,14). The summed E-state index contributed by atoms with van der Waals surface area (Å²) in [6.07, 6.45) is 3.07. The molecule has 2 aromatic heterocycles. The molecule has 0 aliphatic rings. The van der Waals surface area contributed by atoms with Gasteiger partial charge in [-0.15, -0.1) is 0 Å². The molecule has 14 heavy (non-hydrogen) atoms. The number of nitrogens with zero attached hydrogens (tertiary/aromatic N) is 2. The van der Waals surface area contributed by atoms with Crippen molar-refractivity contribution in [3.05, 3.63) is 36.3 Å². The van der Waals surface area contributed by atoms with Crippen molar-refractivity contribution in [3.63, 3.8) is 0 Å². The second-order valence-electron chi connectivity index (χ2n) is 2.71. The fourth-order valence-electron chi connectivity index (χ4n) is 1.13. The van der Waals surface area contributed by atoms with Gasteiger partial charge in [0.15, 0.2) is 0 Å². The van der Waals surface area contributed by atoms with Crippen LogP contribution in [0.5, 0.6) is 0 Å². The van der Waals surface area contributed by atoms with Gasteiger partial charge in [-0.3, -0.25) is 5.10 Å². The molecule has 0 atom stereocenters. The summed E-state index contributed by atoms with van der Waals surface area (Å²) in [5, 5.41) is 15.2. The number of aromatic amines is 1. The smallest absolute Gasteiger partial charge is 0.354 e. The Hall–Kier alpha value is -2.17. The number of hydrogen-bond acceptors (Lipinski definition) is 3. The lowest BCUT2D eigenvalue weighted by Crippen LogP contribution is -1.99. The van der Waals surface area contributed by atoms with Gasteiger partial charge in [0, 0.05) is 18.0 Å². The second-order valence-corrected chi connectivity index (χ2v) is 2.71. The van der Waals surface area contributed by atoms with E-state index >= 15 is 0 Å². The Morgan fingerprint density at radius 2 is 2.21 bits per heavy atom. The molecule has 5 heteroatoms. The Morgan fingerprint density at radius 1 is 1.36 bits per heavy atom. The highest BCUT2D eigenvalue weighted by Crippen LogP contribution is 2.15. The summed E-state index contributed by atoms with van der Waals surface area (Å²) in [4.78, 5) is 14.3. The SMILES string of the molecule is O=C(O)c1cc(-c2ccn[nH]2)ccn1. The summed E-state index contributed by atoms with van der Waals surface area (Å²) in [6.45, 7) is 0. The molecule has 0 amide bonds. The molecule has 0 saturated heterocycles. The van der Waals surface area contributed by atoms with E-state index in [1.807, 2.05) is 0 Å². The summed E-state index contributed by atoms with van der Waals surface area (Å²) in [7, 11) is 0. The number of rotatable bonds is 2. The molecule has 0 aromatic carbocycles. The van der Waals surface area contributed by atoms with E-state index in [1.54, 1.807) is 18.3 Å². The predicted molar refractivity (Wildman–Crippen MR) is 48.8 cm³/mol. The van der Waals surface area contributed by atoms with Crippen LogP contribution in [0.3, 0.4) is 0 Å². The van der Waals surface area contributed by atoms with Crippen LogP contribution in [0.1, 0.15) is 10.5 Å². The Balaban J connectivity index is 2.46. The van der Waals surface area contributed by atoms with Crippen molar-refractivity contribution in [2.75, 3.05) is 0 Å². The van der Waals surface area contributed by atoms with E-state index in [2.05, 4.69) is 15.2 Å². The number of carboxylic acids is 1. The number of nitrogens with one attached hydrogen (secondary N) is 1. The van der Waals surface area contributed by atoms with Gasteiger partial charge in [-0.25, -0.2) is 9.78 Å². The zero-order valence-corrected chi connectivity index (χ0v) is 7.14. The van der Waals surface area contributed by atoms with Crippen LogP contribution < -0.4 is 0 Å². The number of carboxylic acid groups (broad SMARTS) is 1. The highest BCUT2D eigenvalue weighted by Gasteiger charge is 2.06. The minimum atomic E-state index is -1.04. The molecule has 0 aliphatic carbocycles. The molecule has 2 heterocycles. The number of H-pyrrole nitrogens is 1. The van der Waals surface area contributed by atoms with Crippen molar-refractivity contribution in [2.45, 2.75) is 0 Å². The number of aromatic carboxylic acids is 1. The van der Waals surface area contributed by atoms with Gasteiger partial charge in [-0.05, 0) is 18.2 Å². The summed E-state index contributed by atoms with van der Waals surface area (Å²) in [5.74, 6) is -1.04. The first-order chi connectivity index (χ1) is 6.77. The minimum absolute atomic E-state index is 0.0251. The van der Waals surface area contributed by atoms with E-state index in [-0.39, 0.29) is 5.69 Å². The van der Waals surface area contributed by atoms with Crippen LogP contribution in [-0.2, 0) is 0 Å². The Morgan fingerprint density at radius 3 is 2.86 bits per heavy atom. The van der Waals surface area contributed by atoms with E-state index in [1.165, 1.54) is 12.3 Å². The zero-order chi connectivity index (χ0) is 9.97. The van der Waals surface area contributed by atoms with Crippen molar-refractivity contribution < 1.29 is 9.90 Å². The molecule has 0 radical (unpaired) electrons. The Kier molecular flexibility index (Phi) is 1.98. The fraction of sp³-hybridized carbons (Fsp3) is 0. The van der Waals surface area contributed by atoms with Crippen molar-refractivity contribution in [2.24, 2.45) is 0 Å². The third kappa shape index (κ3) is 1.47. The average molecular weight is 189 g/mol. The van der Waals surface area contributed by atoms with Gasteiger partial charge in [0.1, 0.15) is 5.69 Å². The molecule has 2 N–H and O–H groups in total. The molecule has 70 valence electrons. The molecule has 0 spiro atoms. The van der Waals surface area contributed by atoms with Crippen LogP contribution in [0, 0.1) is 0 Å². The fourth-order valence-corrected chi connectivity index (χ4v) is 1.13. The maximum atomic E-state index is 10.6. The summed E-state index contributed by atoms with van der Waals surface area (Å²) in [6, 6.07) is 4.98. The molecule has 2 rings (SSSR count). The molecule has 2 aromatic rings. The molecular formula is C9H7N3O2. The van der Waals surface area contributed by atoms with Crippen LogP contribution >= 0.6 is 0 Å². The number of carbonyl (C=O) groups is 1. The molecule has 0 fully saturated rings. The van der Waals surface area contributed by atoms with Gasteiger partial charge < -0.3 is 5.11 Å². The summed E-state index contributed by atoms with van der Waals surface area (Å²) >= 11 is 0. The van der Waals surface area contributed by atoms with Gasteiger partial charge in [0.2, 0.25) is 0 Å². The first-order valence-electron chi connectivity index (χ1n) is 3.96. The van der Waals surface area contributed by atoms with Crippen molar-refractivity contribution in [1.82, 2.24) is 15.2 Å². The van der Waals surface area contributed by atoms with Crippen LogP contribution in [0.4, 0.5) is 0 Å². The van der Waals surface area contributed by atoms with Crippen LogP contribution in [0.15, 0.2) is 30.6 Å². The van der Waals surface area contributed by atoms with E-state index in [9.17, 15) is 4.79 Å². The Bertz CT molecular complexity index is 451. The highest BCUT2D eigenvalue weighted by atomic mass is 16.4. The topological polar surface area (TPSA) is 78.9 Å². The molecule has 0 bridgehead atoms. The lowest BCUT2D eigenvalue weighted by atomic mass is 10.2. The zero-order valence-electron chi connectivity index (χ0n) is 7.14. The molecule has 0 unspecified atom stereocenters. The Labute approximate surface area is 79.4 Å². The van der Waals surface area contributed by atoms with Gasteiger partial charge >= 0.3 is 5.97 Å². The van der Waals surface area contributed by atoms with Gasteiger partial charge in [-0.2, -0.15) is 5.10 Å². The normalized spacial score (nSPS) is 10.0. The first-order valence-corrected chi connectivity index (χ1v) is 3.96. The first kappa shape index (κ1) is 8.43. The van der Waals surface area contributed by atoms with Crippen molar-refractivity contribution in [1.29, 1.82) is 0 Å². The molecule has 5 nitrogen and oxygen atoms in total. The third-order valence-corrected chi connectivity index (χ3v) is 1.79. The largest absolute Gasteiger partial charge is 0.477 e. The van der Waals surface area contributed by atoms with Crippen LogP contribution in [0.25, 0.3) is 11.3 Å². The molecule has 0 aliphatic heterocycles. The maximum absolute atomic E-state index is 10.6. The number of aromatic nitrogens is 3. The minimum Gasteiger partial charge on any atom is -0.477 e. The lowest BCUT2D eigenvalue weighted by Gasteiger charge is -1.97. The lowest BCUT2D eigenvalue weighted by molar-refractivity contribution is 0.0690. The second kappa shape index (κ2) is 3.29. The van der Waals surface area contributed by atoms with E-state index < -0.39 is 5.97 Å².